The number of ether oxygens (including phenoxy) is 2. The van der Waals surface area contributed by atoms with E-state index in [1.165, 1.54) is 12.8 Å². The molecule has 9 heteroatoms. The van der Waals surface area contributed by atoms with Crippen molar-refractivity contribution in [2.75, 3.05) is 76.9 Å². The van der Waals surface area contributed by atoms with E-state index in [4.69, 9.17) is 9.47 Å². The minimum atomic E-state index is -0.803. The molecule has 2 N–H and O–H groups in total. The summed E-state index contributed by atoms with van der Waals surface area (Å²) in [6.45, 7) is 8.70. The van der Waals surface area contributed by atoms with E-state index >= 15 is 0 Å². The van der Waals surface area contributed by atoms with Gasteiger partial charge in [0.15, 0.2) is 11.5 Å². The second kappa shape index (κ2) is 12.1. The summed E-state index contributed by atoms with van der Waals surface area (Å²) in [6, 6.07) is 8.02. The number of benzene rings is 1. The van der Waals surface area contributed by atoms with Gasteiger partial charge in [-0.2, -0.15) is 0 Å². The first-order valence-corrected chi connectivity index (χ1v) is 13.0. The fourth-order valence-electron chi connectivity index (χ4n) is 4.90. The third-order valence-electron chi connectivity index (χ3n) is 7.31. The van der Waals surface area contributed by atoms with E-state index < -0.39 is 5.60 Å². The summed E-state index contributed by atoms with van der Waals surface area (Å²) in [5.41, 5.74) is 0.289. The van der Waals surface area contributed by atoms with E-state index in [2.05, 4.69) is 38.1 Å². The summed E-state index contributed by atoms with van der Waals surface area (Å²) in [5.74, 6) is 4.06. The van der Waals surface area contributed by atoms with Gasteiger partial charge in [-0.15, -0.1) is 0 Å². The summed E-state index contributed by atoms with van der Waals surface area (Å²) in [5, 5.41) is 14.6. The second-order valence-corrected chi connectivity index (χ2v) is 10.5. The van der Waals surface area contributed by atoms with Crippen molar-refractivity contribution in [3.8, 4) is 11.5 Å². The Labute approximate surface area is 215 Å². The van der Waals surface area contributed by atoms with Gasteiger partial charge in [-0.05, 0) is 56.0 Å². The second-order valence-electron chi connectivity index (χ2n) is 10.5. The van der Waals surface area contributed by atoms with Crippen molar-refractivity contribution in [1.82, 2.24) is 20.2 Å². The minimum Gasteiger partial charge on any atom is -0.493 e. The van der Waals surface area contributed by atoms with Crippen LogP contribution >= 0.6 is 0 Å². The first-order valence-electron chi connectivity index (χ1n) is 13.0. The molecule has 9 nitrogen and oxygen atoms in total. The van der Waals surface area contributed by atoms with Gasteiger partial charge in [0.1, 0.15) is 24.6 Å². The van der Waals surface area contributed by atoms with Crippen LogP contribution in [0.4, 0.5) is 11.6 Å². The van der Waals surface area contributed by atoms with Crippen LogP contribution in [0.25, 0.3) is 0 Å². The molecule has 36 heavy (non-hydrogen) atoms. The fraction of sp³-hybridized carbons (Fsp3) is 0.630. The number of piperidine rings is 1. The van der Waals surface area contributed by atoms with Crippen LogP contribution in [0.3, 0.4) is 0 Å². The van der Waals surface area contributed by atoms with E-state index in [1.807, 2.05) is 37.2 Å². The molecule has 1 aromatic carbocycles. The number of hydrogen-bond donors (Lipinski definition) is 2. The number of methoxy groups -OCH3 is 1. The predicted molar refractivity (Wildman–Crippen MR) is 143 cm³/mol. The molecule has 0 saturated carbocycles. The molecule has 4 rings (SSSR count). The zero-order chi connectivity index (χ0) is 25.5. The van der Waals surface area contributed by atoms with Crippen molar-refractivity contribution in [3.05, 3.63) is 36.2 Å². The van der Waals surface area contributed by atoms with E-state index in [9.17, 15) is 5.11 Å². The van der Waals surface area contributed by atoms with Crippen molar-refractivity contribution in [2.24, 2.45) is 5.92 Å². The highest BCUT2D eigenvalue weighted by atomic mass is 16.5. The van der Waals surface area contributed by atoms with E-state index in [0.717, 1.165) is 60.8 Å². The Bertz CT molecular complexity index is 982. The Hall–Kier alpha value is -2.62. The zero-order valence-electron chi connectivity index (χ0n) is 22.2. The summed E-state index contributed by atoms with van der Waals surface area (Å²) in [4.78, 5) is 15.2. The van der Waals surface area contributed by atoms with Gasteiger partial charge in [-0.1, -0.05) is 13.0 Å². The number of rotatable bonds is 11. The van der Waals surface area contributed by atoms with Crippen molar-refractivity contribution in [1.29, 1.82) is 0 Å². The molecule has 0 bridgehead atoms. The average Bonchev–Trinajstić information content (AvgIpc) is 3.28. The number of nitrogens with one attached hydrogen (secondary N) is 1. The Morgan fingerprint density at radius 2 is 1.94 bits per heavy atom. The van der Waals surface area contributed by atoms with Gasteiger partial charge in [-0.25, -0.2) is 9.97 Å². The molecule has 198 valence electrons. The molecule has 1 atom stereocenters. The maximum atomic E-state index is 11.1. The summed E-state index contributed by atoms with van der Waals surface area (Å²) < 4.78 is 11.6. The number of nitrogens with zero attached hydrogens (tertiary/aromatic N) is 5. The fourth-order valence-corrected chi connectivity index (χ4v) is 4.90. The number of anilines is 2. The highest BCUT2D eigenvalue weighted by Crippen LogP contribution is 2.29. The number of aliphatic hydroxyl groups is 1. The molecule has 0 amide bonds. The normalized spacial score (nSPS) is 21.1. The lowest BCUT2D eigenvalue weighted by Crippen LogP contribution is -2.43. The smallest absolute Gasteiger partial charge is 0.161 e. The maximum absolute atomic E-state index is 11.1. The van der Waals surface area contributed by atoms with Crippen molar-refractivity contribution in [2.45, 2.75) is 38.3 Å². The lowest BCUT2D eigenvalue weighted by Gasteiger charge is -2.30. The Morgan fingerprint density at radius 3 is 2.69 bits per heavy atom. The zero-order valence-corrected chi connectivity index (χ0v) is 22.2. The molecule has 2 aliphatic rings. The summed E-state index contributed by atoms with van der Waals surface area (Å²) in [6.07, 6.45) is 4.81. The van der Waals surface area contributed by atoms with Crippen LogP contribution < -0.4 is 24.6 Å². The van der Waals surface area contributed by atoms with Gasteiger partial charge in [0.2, 0.25) is 0 Å². The number of hydrogen-bond acceptors (Lipinski definition) is 9. The first-order chi connectivity index (χ1) is 17.3. The van der Waals surface area contributed by atoms with Gasteiger partial charge in [0.25, 0.3) is 0 Å². The van der Waals surface area contributed by atoms with Crippen molar-refractivity contribution >= 4 is 11.6 Å². The lowest BCUT2D eigenvalue weighted by atomic mass is 9.99. The highest BCUT2D eigenvalue weighted by Gasteiger charge is 2.36. The third-order valence-corrected chi connectivity index (χ3v) is 7.31. The lowest BCUT2D eigenvalue weighted by molar-refractivity contribution is 0.0626. The van der Waals surface area contributed by atoms with Crippen LogP contribution in [0.5, 0.6) is 11.5 Å². The third kappa shape index (κ3) is 6.99. The molecule has 1 aromatic heterocycles. The molecule has 1 unspecified atom stereocenters. The molecule has 0 aliphatic carbocycles. The van der Waals surface area contributed by atoms with Crippen LogP contribution in [-0.4, -0.2) is 92.7 Å². The summed E-state index contributed by atoms with van der Waals surface area (Å²) in [7, 11) is 5.59. The molecule has 2 aromatic rings. The number of aromatic nitrogens is 2. The number of likely N-dealkylation sites (tertiary alicyclic amines) is 1. The average molecular weight is 499 g/mol. The molecule has 2 fully saturated rings. The van der Waals surface area contributed by atoms with Crippen molar-refractivity contribution < 1.29 is 14.6 Å². The molecule has 2 aliphatic heterocycles. The van der Waals surface area contributed by atoms with Gasteiger partial charge in [-0.3, -0.25) is 4.90 Å². The molecule has 0 radical (unpaired) electrons. The van der Waals surface area contributed by atoms with E-state index in [-0.39, 0.29) is 0 Å². The van der Waals surface area contributed by atoms with Crippen LogP contribution in [0.15, 0.2) is 30.6 Å². The van der Waals surface area contributed by atoms with Crippen LogP contribution in [0, 0.1) is 5.92 Å². The van der Waals surface area contributed by atoms with Gasteiger partial charge >= 0.3 is 0 Å². The quantitative estimate of drug-likeness (QED) is 0.485. The monoisotopic (exact) mass is 498 g/mol. The van der Waals surface area contributed by atoms with E-state index in [0.29, 0.717) is 32.7 Å². The Morgan fingerprint density at radius 1 is 1.14 bits per heavy atom. The van der Waals surface area contributed by atoms with Crippen LogP contribution in [-0.2, 0) is 6.54 Å². The molecular weight excluding hydrogens is 456 g/mol. The van der Waals surface area contributed by atoms with Gasteiger partial charge in [0, 0.05) is 52.9 Å². The first kappa shape index (κ1) is 26.4. The standard InChI is InChI=1S/C27H42N6O3/c1-21-7-10-32(11-8-21)13-14-36-23-6-5-22(15-24(23)35-4)17-28-18-27(34)9-12-33(19-27)26-16-25(31(2)3)29-20-30-26/h5-6,15-16,20-21,28,34H,7-14,17-19H2,1-4H3. The number of β-amino-alcohol motifs (C(OH)–C–C–N with tert-alkyl or cyclic N) is 1. The topological polar surface area (TPSA) is 86.2 Å². The molecule has 0 spiro atoms. The predicted octanol–water partition coefficient (Wildman–Crippen LogP) is 2.39. The maximum Gasteiger partial charge on any atom is 0.161 e. The molecule has 2 saturated heterocycles. The summed E-state index contributed by atoms with van der Waals surface area (Å²) >= 11 is 0. The van der Waals surface area contributed by atoms with E-state index in [1.54, 1.807) is 13.4 Å². The largest absolute Gasteiger partial charge is 0.493 e. The van der Waals surface area contributed by atoms with Gasteiger partial charge in [0.05, 0.1) is 12.7 Å². The highest BCUT2D eigenvalue weighted by molar-refractivity contribution is 5.50. The van der Waals surface area contributed by atoms with Crippen LogP contribution in [0.2, 0.25) is 0 Å². The molecular formula is C27H42N6O3. The SMILES string of the molecule is COc1cc(CNCC2(O)CCN(c3cc(N(C)C)ncn3)C2)ccc1OCCN1CCC(C)CC1. The minimum absolute atomic E-state index is 0.504. The Kier molecular flexibility index (Phi) is 8.87. The van der Waals surface area contributed by atoms with Gasteiger partial charge < -0.3 is 29.7 Å². The van der Waals surface area contributed by atoms with Crippen molar-refractivity contribution in [3.63, 3.8) is 0 Å². The van der Waals surface area contributed by atoms with Crippen LogP contribution in [0.1, 0.15) is 31.7 Å². The molecule has 3 heterocycles. The Balaban J connectivity index is 1.24.